The minimum absolute atomic E-state index is 0.349. The molecule has 0 aromatic carbocycles. The van der Waals surface area contributed by atoms with Crippen LogP contribution in [0.15, 0.2) is 0 Å². The standard InChI is InChI=1S/C16H33NO/c1-16(2,3)14-10-6-7-11-15(14)17-12-8-4-5-9-13-18/h14-15,17-18H,4-13H2,1-3H3. The highest BCUT2D eigenvalue weighted by Gasteiger charge is 2.33. The molecular weight excluding hydrogens is 222 g/mol. The van der Waals surface area contributed by atoms with Crippen LogP contribution in [-0.4, -0.2) is 24.3 Å². The molecule has 0 amide bonds. The highest BCUT2D eigenvalue weighted by molar-refractivity contribution is 4.88. The molecule has 1 saturated carbocycles. The third-order valence-electron chi connectivity index (χ3n) is 4.37. The van der Waals surface area contributed by atoms with Crippen LogP contribution in [0.1, 0.15) is 72.1 Å². The largest absolute Gasteiger partial charge is 0.396 e. The Hall–Kier alpha value is -0.0800. The Kier molecular flexibility index (Phi) is 7.25. The zero-order chi connectivity index (χ0) is 13.4. The molecule has 1 aliphatic carbocycles. The molecule has 1 rings (SSSR count). The van der Waals surface area contributed by atoms with Crippen LogP contribution in [0.3, 0.4) is 0 Å². The van der Waals surface area contributed by atoms with E-state index in [9.17, 15) is 0 Å². The van der Waals surface area contributed by atoms with E-state index < -0.39 is 0 Å². The van der Waals surface area contributed by atoms with Crippen LogP contribution < -0.4 is 5.32 Å². The van der Waals surface area contributed by atoms with Crippen molar-refractivity contribution in [1.29, 1.82) is 0 Å². The smallest absolute Gasteiger partial charge is 0.0431 e. The van der Waals surface area contributed by atoms with Gasteiger partial charge in [0.15, 0.2) is 0 Å². The van der Waals surface area contributed by atoms with Gasteiger partial charge in [-0.05, 0) is 43.6 Å². The van der Waals surface area contributed by atoms with Gasteiger partial charge in [0.25, 0.3) is 0 Å². The number of hydrogen-bond donors (Lipinski definition) is 2. The van der Waals surface area contributed by atoms with Crippen molar-refractivity contribution in [2.24, 2.45) is 11.3 Å². The van der Waals surface area contributed by atoms with Gasteiger partial charge in [0.1, 0.15) is 0 Å². The van der Waals surface area contributed by atoms with Crippen molar-refractivity contribution in [3.8, 4) is 0 Å². The van der Waals surface area contributed by atoms with Gasteiger partial charge in [-0.1, -0.05) is 46.5 Å². The predicted molar refractivity (Wildman–Crippen MR) is 78.8 cm³/mol. The Balaban J connectivity index is 2.21. The summed E-state index contributed by atoms with van der Waals surface area (Å²) in [5, 5.41) is 12.5. The second kappa shape index (κ2) is 8.16. The first kappa shape index (κ1) is 16.0. The fourth-order valence-corrected chi connectivity index (χ4v) is 3.29. The Bertz CT molecular complexity index is 210. The number of aliphatic hydroxyl groups excluding tert-OH is 1. The Morgan fingerprint density at radius 2 is 1.67 bits per heavy atom. The van der Waals surface area contributed by atoms with E-state index in [1.807, 2.05) is 0 Å². The van der Waals surface area contributed by atoms with Crippen LogP contribution in [0.5, 0.6) is 0 Å². The molecule has 0 aliphatic heterocycles. The normalized spacial score (nSPS) is 25.3. The first-order chi connectivity index (χ1) is 8.55. The quantitative estimate of drug-likeness (QED) is 0.679. The molecule has 0 aromatic heterocycles. The molecule has 2 atom stereocenters. The molecule has 108 valence electrons. The predicted octanol–water partition coefficient (Wildman–Crippen LogP) is 3.73. The van der Waals surface area contributed by atoms with E-state index in [1.54, 1.807) is 0 Å². The molecular formula is C16H33NO. The van der Waals surface area contributed by atoms with Crippen LogP contribution in [0.2, 0.25) is 0 Å². The molecule has 2 unspecified atom stereocenters. The van der Waals surface area contributed by atoms with Gasteiger partial charge in [0.2, 0.25) is 0 Å². The van der Waals surface area contributed by atoms with Gasteiger partial charge in [-0.3, -0.25) is 0 Å². The summed E-state index contributed by atoms with van der Waals surface area (Å²) in [6.07, 6.45) is 10.2. The lowest BCUT2D eigenvalue weighted by atomic mass is 9.69. The lowest BCUT2D eigenvalue weighted by molar-refractivity contribution is 0.131. The van der Waals surface area contributed by atoms with Crippen molar-refractivity contribution in [1.82, 2.24) is 5.32 Å². The van der Waals surface area contributed by atoms with Gasteiger partial charge in [0.05, 0.1) is 0 Å². The molecule has 2 N–H and O–H groups in total. The monoisotopic (exact) mass is 255 g/mol. The van der Waals surface area contributed by atoms with Gasteiger partial charge in [0, 0.05) is 12.6 Å². The summed E-state index contributed by atoms with van der Waals surface area (Å²) >= 11 is 0. The molecule has 2 heteroatoms. The van der Waals surface area contributed by atoms with Gasteiger partial charge >= 0.3 is 0 Å². The van der Waals surface area contributed by atoms with Gasteiger partial charge < -0.3 is 10.4 Å². The van der Waals surface area contributed by atoms with Crippen LogP contribution in [0.25, 0.3) is 0 Å². The molecule has 18 heavy (non-hydrogen) atoms. The van der Waals surface area contributed by atoms with E-state index >= 15 is 0 Å². The number of unbranched alkanes of at least 4 members (excludes halogenated alkanes) is 3. The average molecular weight is 255 g/mol. The zero-order valence-corrected chi connectivity index (χ0v) is 12.7. The SMILES string of the molecule is CC(C)(C)C1CCCCC1NCCCCCCO. The number of rotatable bonds is 7. The van der Waals surface area contributed by atoms with Crippen LogP contribution >= 0.6 is 0 Å². The molecule has 1 fully saturated rings. The van der Waals surface area contributed by atoms with Gasteiger partial charge in [-0.2, -0.15) is 0 Å². The minimum Gasteiger partial charge on any atom is -0.396 e. The first-order valence-electron chi connectivity index (χ1n) is 7.90. The van der Waals surface area contributed by atoms with Crippen molar-refractivity contribution in [3.63, 3.8) is 0 Å². The highest BCUT2D eigenvalue weighted by Crippen LogP contribution is 2.37. The number of hydrogen-bond acceptors (Lipinski definition) is 2. The lowest BCUT2D eigenvalue weighted by Gasteiger charge is -2.41. The molecule has 0 aromatic rings. The summed E-state index contributed by atoms with van der Waals surface area (Å²) in [5.41, 5.74) is 0.439. The third kappa shape index (κ3) is 5.71. The van der Waals surface area contributed by atoms with Crippen molar-refractivity contribution < 1.29 is 5.11 Å². The van der Waals surface area contributed by atoms with Crippen molar-refractivity contribution in [2.45, 2.75) is 78.2 Å². The maximum Gasteiger partial charge on any atom is 0.0431 e. The maximum absolute atomic E-state index is 8.74. The molecule has 0 saturated heterocycles. The van der Waals surface area contributed by atoms with E-state index in [0.717, 1.165) is 24.9 Å². The number of aliphatic hydroxyl groups is 1. The first-order valence-corrected chi connectivity index (χ1v) is 7.90. The second-order valence-corrected chi connectivity index (χ2v) is 6.96. The Labute approximate surface area is 114 Å². The molecule has 0 radical (unpaired) electrons. The summed E-state index contributed by atoms with van der Waals surface area (Å²) in [6.45, 7) is 8.67. The molecule has 0 bridgehead atoms. The van der Waals surface area contributed by atoms with Gasteiger partial charge in [-0.25, -0.2) is 0 Å². The molecule has 2 nitrogen and oxygen atoms in total. The van der Waals surface area contributed by atoms with Crippen molar-refractivity contribution in [3.05, 3.63) is 0 Å². The van der Waals surface area contributed by atoms with Crippen LogP contribution in [-0.2, 0) is 0 Å². The van der Waals surface area contributed by atoms with Crippen LogP contribution in [0.4, 0.5) is 0 Å². The summed E-state index contributed by atoms with van der Waals surface area (Å²) < 4.78 is 0. The summed E-state index contributed by atoms with van der Waals surface area (Å²) in [4.78, 5) is 0. The zero-order valence-electron chi connectivity index (χ0n) is 12.7. The topological polar surface area (TPSA) is 32.3 Å². The number of nitrogens with one attached hydrogen (secondary N) is 1. The Morgan fingerprint density at radius 1 is 1.00 bits per heavy atom. The van der Waals surface area contributed by atoms with E-state index in [2.05, 4.69) is 26.1 Å². The Morgan fingerprint density at radius 3 is 2.33 bits per heavy atom. The van der Waals surface area contributed by atoms with Crippen molar-refractivity contribution >= 4 is 0 Å². The second-order valence-electron chi connectivity index (χ2n) is 6.96. The highest BCUT2D eigenvalue weighted by atomic mass is 16.2. The molecule has 1 aliphatic rings. The lowest BCUT2D eigenvalue weighted by Crippen LogP contribution is -2.44. The molecule has 0 heterocycles. The van der Waals surface area contributed by atoms with E-state index in [-0.39, 0.29) is 0 Å². The fraction of sp³-hybridized carbons (Fsp3) is 1.00. The third-order valence-corrected chi connectivity index (χ3v) is 4.37. The van der Waals surface area contributed by atoms with Crippen molar-refractivity contribution in [2.75, 3.05) is 13.2 Å². The van der Waals surface area contributed by atoms with Gasteiger partial charge in [-0.15, -0.1) is 0 Å². The maximum atomic E-state index is 8.74. The average Bonchev–Trinajstić information content (AvgIpc) is 2.33. The fourth-order valence-electron chi connectivity index (χ4n) is 3.29. The summed E-state index contributed by atoms with van der Waals surface area (Å²) in [7, 11) is 0. The minimum atomic E-state index is 0.349. The van der Waals surface area contributed by atoms with E-state index in [1.165, 1.54) is 44.9 Å². The van der Waals surface area contributed by atoms with E-state index in [0.29, 0.717) is 12.0 Å². The summed E-state index contributed by atoms with van der Waals surface area (Å²) in [5.74, 6) is 0.837. The summed E-state index contributed by atoms with van der Waals surface area (Å²) in [6, 6.07) is 0.733. The van der Waals surface area contributed by atoms with Crippen LogP contribution in [0, 0.1) is 11.3 Å². The molecule has 0 spiro atoms. The van der Waals surface area contributed by atoms with E-state index in [4.69, 9.17) is 5.11 Å².